The first-order chi connectivity index (χ1) is 7.15. The third-order valence-corrected chi connectivity index (χ3v) is 3.12. The number of rotatable bonds is 4. The SMILES string of the molecule is CN(C)C(CN)CC(=O)N1CCCCC1. The molecule has 1 unspecified atom stereocenters. The minimum absolute atomic E-state index is 0.180. The van der Waals surface area contributed by atoms with Crippen molar-refractivity contribution >= 4 is 5.91 Å². The normalized spacial score (nSPS) is 19.3. The van der Waals surface area contributed by atoms with E-state index >= 15 is 0 Å². The van der Waals surface area contributed by atoms with Crippen LogP contribution in [0, 0.1) is 0 Å². The Morgan fingerprint density at radius 3 is 2.40 bits per heavy atom. The molecule has 4 heteroatoms. The zero-order valence-corrected chi connectivity index (χ0v) is 9.91. The van der Waals surface area contributed by atoms with E-state index in [9.17, 15) is 4.79 Å². The minimum Gasteiger partial charge on any atom is -0.343 e. The fourth-order valence-electron chi connectivity index (χ4n) is 1.95. The lowest BCUT2D eigenvalue weighted by Gasteiger charge is -2.30. The van der Waals surface area contributed by atoms with Gasteiger partial charge in [0, 0.05) is 32.1 Å². The second-order valence-corrected chi connectivity index (χ2v) is 4.50. The van der Waals surface area contributed by atoms with Gasteiger partial charge in [0.1, 0.15) is 0 Å². The van der Waals surface area contributed by atoms with Crippen LogP contribution in [-0.4, -0.2) is 55.5 Å². The molecule has 15 heavy (non-hydrogen) atoms. The van der Waals surface area contributed by atoms with Crippen LogP contribution < -0.4 is 5.73 Å². The van der Waals surface area contributed by atoms with Crippen LogP contribution in [0.25, 0.3) is 0 Å². The molecule has 0 aliphatic carbocycles. The molecule has 1 amide bonds. The average Bonchev–Trinajstić information content (AvgIpc) is 2.26. The van der Waals surface area contributed by atoms with Crippen molar-refractivity contribution in [2.24, 2.45) is 5.73 Å². The number of nitrogens with two attached hydrogens (primary N) is 1. The number of nitrogens with zero attached hydrogens (tertiary/aromatic N) is 2. The summed E-state index contributed by atoms with van der Waals surface area (Å²) in [6.07, 6.45) is 4.13. The number of carbonyl (C=O) groups excluding carboxylic acids is 1. The second-order valence-electron chi connectivity index (χ2n) is 4.50. The summed E-state index contributed by atoms with van der Waals surface area (Å²) in [6.45, 7) is 2.42. The van der Waals surface area contributed by atoms with Gasteiger partial charge < -0.3 is 15.5 Å². The Balaban J connectivity index is 2.38. The Morgan fingerprint density at radius 1 is 1.33 bits per heavy atom. The molecule has 0 aromatic carbocycles. The van der Waals surface area contributed by atoms with Crippen molar-refractivity contribution in [3.8, 4) is 0 Å². The molecule has 4 nitrogen and oxygen atoms in total. The van der Waals surface area contributed by atoms with Crippen LogP contribution in [0.3, 0.4) is 0 Å². The molecule has 0 radical (unpaired) electrons. The molecule has 1 aliphatic heterocycles. The molecular formula is C11H23N3O. The van der Waals surface area contributed by atoms with E-state index in [1.807, 2.05) is 23.9 Å². The average molecular weight is 213 g/mol. The van der Waals surface area contributed by atoms with Crippen LogP contribution in [-0.2, 0) is 4.79 Å². The Morgan fingerprint density at radius 2 is 1.93 bits per heavy atom. The van der Waals surface area contributed by atoms with Crippen molar-refractivity contribution in [2.75, 3.05) is 33.7 Å². The number of hydrogen-bond acceptors (Lipinski definition) is 3. The van der Waals surface area contributed by atoms with Crippen molar-refractivity contribution in [3.63, 3.8) is 0 Å². The lowest BCUT2D eigenvalue weighted by atomic mass is 10.1. The highest BCUT2D eigenvalue weighted by Gasteiger charge is 2.20. The van der Waals surface area contributed by atoms with Crippen LogP contribution in [0.4, 0.5) is 0 Å². The molecule has 1 atom stereocenters. The van der Waals surface area contributed by atoms with Gasteiger partial charge >= 0.3 is 0 Å². The summed E-state index contributed by atoms with van der Waals surface area (Å²) in [5, 5.41) is 0. The first kappa shape index (κ1) is 12.5. The number of likely N-dealkylation sites (tertiary alicyclic amines) is 1. The summed E-state index contributed by atoms with van der Waals surface area (Å²) < 4.78 is 0. The smallest absolute Gasteiger partial charge is 0.224 e. The maximum Gasteiger partial charge on any atom is 0.224 e. The number of likely N-dealkylation sites (N-methyl/N-ethyl adjacent to an activating group) is 1. The fraction of sp³-hybridized carbons (Fsp3) is 0.909. The van der Waals surface area contributed by atoms with Crippen molar-refractivity contribution in [1.82, 2.24) is 9.80 Å². The summed E-state index contributed by atoms with van der Waals surface area (Å²) in [5.74, 6) is 0.263. The Hall–Kier alpha value is -0.610. The van der Waals surface area contributed by atoms with Crippen molar-refractivity contribution < 1.29 is 4.79 Å². The van der Waals surface area contributed by atoms with Crippen molar-refractivity contribution in [3.05, 3.63) is 0 Å². The highest BCUT2D eigenvalue weighted by atomic mass is 16.2. The molecule has 0 spiro atoms. The standard InChI is InChI=1S/C11H23N3O/c1-13(2)10(9-12)8-11(15)14-6-4-3-5-7-14/h10H,3-9,12H2,1-2H3. The van der Waals surface area contributed by atoms with Gasteiger partial charge in [0.15, 0.2) is 0 Å². The van der Waals surface area contributed by atoms with Gasteiger partial charge in [-0.25, -0.2) is 0 Å². The van der Waals surface area contributed by atoms with E-state index < -0.39 is 0 Å². The van der Waals surface area contributed by atoms with Gasteiger partial charge in [-0.1, -0.05) is 0 Å². The zero-order valence-electron chi connectivity index (χ0n) is 9.91. The first-order valence-electron chi connectivity index (χ1n) is 5.79. The molecule has 0 saturated carbocycles. The van der Waals surface area contributed by atoms with Gasteiger partial charge in [0.25, 0.3) is 0 Å². The highest BCUT2D eigenvalue weighted by molar-refractivity contribution is 5.76. The van der Waals surface area contributed by atoms with Gasteiger partial charge in [-0.2, -0.15) is 0 Å². The van der Waals surface area contributed by atoms with E-state index in [2.05, 4.69) is 0 Å². The molecule has 1 heterocycles. The molecule has 1 saturated heterocycles. The number of hydrogen-bond donors (Lipinski definition) is 1. The summed E-state index contributed by atoms with van der Waals surface area (Å²) in [4.78, 5) is 15.9. The third kappa shape index (κ3) is 3.80. The lowest BCUT2D eigenvalue weighted by Crippen LogP contribution is -2.43. The maximum absolute atomic E-state index is 11.9. The largest absolute Gasteiger partial charge is 0.343 e. The summed E-state index contributed by atoms with van der Waals surface area (Å²) in [5.41, 5.74) is 5.64. The van der Waals surface area contributed by atoms with Crippen molar-refractivity contribution in [1.29, 1.82) is 0 Å². The monoisotopic (exact) mass is 213 g/mol. The van der Waals surface area contributed by atoms with E-state index in [-0.39, 0.29) is 11.9 Å². The predicted molar refractivity (Wildman–Crippen MR) is 61.6 cm³/mol. The van der Waals surface area contributed by atoms with Gasteiger partial charge in [-0.3, -0.25) is 4.79 Å². The predicted octanol–water partition coefficient (Wildman–Crippen LogP) is 0.278. The molecule has 0 bridgehead atoms. The van der Waals surface area contributed by atoms with Gasteiger partial charge in [-0.15, -0.1) is 0 Å². The topological polar surface area (TPSA) is 49.6 Å². The van der Waals surface area contributed by atoms with Crippen LogP contribution in [0.5, 0.6) is 0 Å². The Bertz CT molecular complexity index is 200. The molecule has 0 aromatic heterocycles. The van der Waals surface area contributed by atoms with Crippen LogP contribution in [0.2, 0.25) is 0 Å². The number of amides is 1. The Kier molecular flexibility index (Phi) is 5.05. The van der Waals surface area contributed by atoms with Crippen LogP contribution >= 0.6 is 0 Å². The van der Waals surface area contributed by atoms with E-state index in [1.165, 1.54) is 6.42 Å². The fourth-order valence-corrected chi connectivity index (χ4v) is 1.95. The quantitative estimate of drug-likeness (QED) is 0.729. The van der Waals surface area contributed by atoms with E-state index in [0.717, 1.165) is 25.9 Å². The molecule has 1 aliphatic rings. The van der Waals surface area contributed by atoms with E-state index in [4.69, 9.17) is 5.73 Å². The zero-order chi connectivity index (χ0) is 11.3. The highest BCUT2D eigenvalue weighted by Crippen LogP contribution is 2.11. The molecular weight excluding hydrogens is 190 g/mol. The maximum atomic E-state index is 11.9. The second kappa shape index (κ2) is 6.08. The van der Waals surface area contributed by atoms with Crippen LogP contribution in [0.1, 0.15) is 25.7 Å². The molecule has 2 N–H and O–H groups in total. The lowest BCUT2D eigenvalue weighted by molar-refractivity contribution is -0.133. The number of piperidine rings is 1. The Labute approximate surface area is 92.4 Å². The van der Waals surface area contributed by atoms with Crippen molar-refractivity contribution in [2.45, 2.75) is 31.7 Å². The van der Waals surface area contributed by atoms with Crippen LogP contribution in [0.15, 0.2) is 0 Å². The molecule has 0 aromatic rings. The minimum atomic E-state index is 0.180. The third-order valence-electron chi connectivity index (χ3n) is 3.12. The van der Waals surface area contributed by atoms with E-state index in [0.29, 0.717) is 13.0 Å². The summed E-state index contributed by atoms with van der Waals surface area (Å²) in [7, 11) is 3.95. The van der Waals surface area contributed by atoms with Gasteiger partial charge in [0.05, 0.1) is 0 Å². The number of carbonyl (C=O) groups is 1. The molecule has 1 rings (SSSR count). The van der Waals surface area contributed by atoms with Gasteiger partial charge in [-0.05, 0) is 33.4 Å². The van der Waals surface area contributed by atoms with E-state index in [1.54, 1.807) is 0 Å². The summed E-state index contributed by atoms with van der Waals surface area (Å²) in [6, 6.07) is 0.180. The van der Waals surface area contributed by atoms with Gasteiger partial charge in [0.2, 0.25) is 5.91 Å². The molecule has 88 valence electrons. The summed E-state index contributed by atoms with van der Waals surface area (Å²) >= 11 is 0. The first-order valence-corrected chi connectivity index (χ1v) is 5.79. The molecule has 1 fully saturated rings.